The van der Waals surface area contributed by atoms with Crippen molar-refractivity contribution in [3.05, 3.63) is 223 Å². The standard InChI is InChI=1S/C59H34N8/c60-35-38-27-39(36-61)29-46(28-38)45-25-26-48-47-23-13-14-24-55(47)67(56(48)32-45)57-49(53-33-51(41-15-5-1-6-16-41)63-58(65-53)43-19-9-3-10-20-43)30-40(37-62)31-50(57)54-34-52(42-17-7-2-8-18-42)64-59(66-54)44-21-11-4-12-22-44/h1-34H. The van der Waals surface area contributed by atoms with Gasteiger partial charge < -0.3 is 4.57 Å². The molecule has 11 aromatic rings. The molecule has 0 aliphatic carbocycles. The molecule has 3 aromatic heterocycles. The second-order valence-corrected chi connectivity index (χ2v) is 16.0. The maximum Gasteiger partial charge on any atom is 0.160 e. The number of fused-ring (bicyclic) bond motifs is 3. The van der Waals surface area contributed by atoms with Crippen molar-refractivity contribution in [2.45, 2.75) is 0 Å². The van der Waals surface area contributed by atoms with E-state index in [0.717, 1.165) is 60.9 Å². The molecule has 0 N–H and O–H groups in total. The predicted molar refractivity (Wildman–Crippen MR) is 264 cm³/mol. The van der Waals surface area contributed by atoms with Crippen LogP contribution in [0.15, 0.2) is 206 Å². The summed E-state index contributed by atoms with van der Waals surface area (Å²) in [5.41, 5.74) is 12.8. The van der Waals surface area contributed by atoms with Crippen molar-refractivity contribution in [2.75, 3.05) is 0 Å². The fourth-order valence-electron chi connectivity index (χ4n) is 8.76. The van der Waals surface area contributed by atoms with Gasteiger partial charge in [-0.25, -0.2) is 19.9 Å². The Labute approximate surface area is 386 Å². The van der Waals surface area contributed by atoms with Gasteiger partial charge in [-0.2, -0.15) is 15.8 Å². The Morgan fingerprint density at radius 2 is 0.731 bits per heavy atom. The van der Waals surface area contributed by atoms with Crippen LogP contribution in [-0.4, -0.2) is 24.5 Å². The van der Waals surface area contributed by atoms with Crippen molar-refractivity contribution >= 4 is 21.8 Å². The summed E-state index contributed by atoms with van der Waals surface area (Å²) in [6, 6.07) is 74.3. The monoisotopic (exact) mass is 854 g/mol. The average Bonchev–Trinajstić information content (AvgIpc) is 3.74. The zero-order valence-electron chi connectivity index (χ0n) is 35.7. The van der Waals surface area contributed by atoms with E-state index in [-0.39, 0.29) is 0 Å². The van der Waals surface area contributed by atoms with Gasteiger partial charge in [-0.1, -0.05) is 152 Å². The molecular weight excluding hydrogens is 821 g/mol. The third-order valence-corrected chi connectivity index (χ3v) is 11.9. The van der Waals surface area contributed by atoms with E-state index >= 15 is 0 Å². The summed E-state index contributed by atoms with van der Waals surface area (Å²) in [6.45, 7) is 0. The van der Waals surface area contributed by atoms with E-state index in [0.29, 0.717) is 62.2 Å². The second-order valence-electron chi connectivity index (χ2n) is 16.0. The summed E-state index contributed by atoms with van der Waals surface area (Å²) in [5, 5.41) is 32.9. The number of hydrogen-bond donors (Lipinski definition) is 0. The van der Waals surface area contributed by atoms with Crippen LogP contribution in [0.25, 0.3) is 106 Å². The van der Waals surface area contributed by atoms with Gasteiger partial charge in [0.15, 0.2) is 11.6 Å². The second kappa shape index (κ2) is 17.1. The molecule has 8 nitrogen and oxygen atoms in total. The number of aromatic nitrogens is 5. The van der Waals surface area contributed by atoms with Gasteiger partial charge in [-0.15, -0.1) is 0 Å². The summed E-state index contributed by atoms with van der Waals surface area (Å²) >= 11 is 0. The Morgan fingerprint density at radius 1 is 0.313 bits per heavy atom. The molecule has 0 fully saturated rings. The topological polar surface area (TPSA) is 128 Å². The molecule has 0 amide bonds. The van der Waals surface area contributed by atoms with Crippen molar-refractivity contribution in [2.24, 2.45) is 0 Å². The largest absolute Gasteiger partial charge is 0.308 e. The Hall–Kier alpha value is -9.81. The van der Waals surface area contributed by atoms with Gasteiger partial charge in [0.25, 0.3) is 0 Å². The molecule has 0 bridgehead atoms. The quantitative estimate of drug-likeness (QED) is 0.149. The molecule has 8 aromatic carbocycles. The lowest BCUT2D eigenvalue weighted by atomic mass is 9.95. The first-order chi connectivity index (χ1) is 33.0. The zero-order chi connectivity index (χ0) is 45.3. The maximum atomic E-state index is 11.0. The summed E-state index contributed by atoms with van der Waals surface area (Å²) in [6.07, 6.45) is 0. The van der Waals surface area contributed by atoms with E-state index < -0.39 is 0 Å². The molecule has 0 aliphatic rings. The lowest BCUT2D eigenvalue weighted by molar-refractivity contribution is 1.14. The van der Waals surface area contributed by atoms with E-state index in [4.69, 9.17) is 19.9 Å². The highest BCUT2D eigenvalue weighted by Crippen LogP contribution is 2.44. The molecule has 310 valence electrons. The van der Waals surface area contributed by atoms with Crippen LogP contribution in [0.4, 0.5) is 0 Å². The van der Waals surface area contributed by atoms with Crippen LogP contribution in [0.3, 0.4) is 0 Å². The smallest absolute Gasteiger partial charge is 0.160 e. The molecule has 67 heavy (non-hydrogen) atoms. The molecule has 0 spiro atoms. The molecule has 0 saturated heterocycles. The lowest BCUT2D eigenvalue weighted by Crippen LogP contribution is -2.05. The van der Waals surface area contributed by atoms with Crippen LogP contribution in [-0.2, 0) is 0 Å². The van der Waals surface area contributed by atoms with Crippen molar-refractivity contribution < 1.29 is 0 Å². The normalized spacial score (nSPS) is 10.9. The van der Waals surface area contributed by atoms with Gasteiger partial charge >= 0.3 is 0 Å². The van der Waals surface area contributed by atoms with Gasteiger partial charge in [0.2, 0.25) is 0 Å². The first-order valence-electron chi connectivity index (χ1n) is 21.6. The number of para-hydroxylation sites is 1. The Kier molecular flexibility index (Phi) is 10.2. The van der Waals surface area contributed by atoms with Crippen molar-refractivity contribution in [3.63, 3.8) is 0 Å². The molecular formula is C59H34N8. The van der Waals surface area contributed by atoms with Gasteiger partial charge in [-0.3, -0.25) is 0 Å². The fourth-order valence-corrected chi connectivity index (χ4v) is 8.76. The van der Waals surface area contributed by atoms with E-state index in [1.807, 2.05) is 176 Å². The van der Waals surface area contributed by atoms with E-state index in [9.17, 15) is 15.8 Å². The molecule has 11 rings (SSSR count). The average molecular weight is 855 g/mol. The fraction of sp³-hybridized carbons (Fsp3) is 0. The first-order valence-corrected chi connectivity index (χ1v) is 21.6. The van der Waals surface area contributed by atoms with Crippen LogP contribution in [0.1, 0.15) is 16.7 Å². The van der Waals surface area contributed by atoms with E-state index in [1.54, 1.807) is 6.07 Å². The molecule has 3 heterocycles. The number of nitrogens with zero attached hydrogens (tertiary/aromatic N) is 8. The molecule has 0 unspecified atom stereocenters. The molecule has 0 atom stereocenters. The highest BCUT2D eigenvalue weighted by atomic mass is 15.0. The van der Waals surface area contributed by atoms with E-state index in [2.05, 4.69) is 47.0 Å². The third-order valence-electron chi connectivity index (χ3n) is 11.9. The van der Waals surface area contributed by atoms with Crippen molar-refractivity contribution in [3.8, 4) is 103 Å². The number of rotatable bonds is 8. The molecule has 0 saturated carbocycles. The van der Waals surface area contributed by atoms with Crippen LogP contribution in [0.2, 0.25) is 0 Å². The number of benzene rings is 8. The first kappa shape index (κ1) is 40.0. The number of hydrogen-bond acceptors (Lipinski definition) is 7. The van der Waals surface area contributed by atoms with Gasteiger partial charge in [0.1, 0.15) is 0 Å². The maximum absolute atomic E-state index is 11.0. The minimum atomic E-state index is 0.394. The van der Waals surface area contributed by atoms with Crippen molar-refractivity contribution in [1.82, 2.24) is 24.5 Å². The van der Waals surface area contributed by atoms with E-state index in [1.165, 1.54) is 0 Å². The van der Waals surface area contributed by atoms with Crippen LogP contribution < -0.4 is 0 Å². The molecule has 8 heteroatoms. The summed E-state index contributed by atoms with van der Waals surface area (Å²) in [5.74, 6) is 1.06. The molecule has 0 aliphatic heterocycles. The minimum Gasteiger partial charge on any atom is -0.308 e. The van der Waals surface area contributed by atoms with Gasteiger partial charge in [0, 0.05) is 44.2 Å². The summed E-state index contributed by atoms with van der Waals surface area (Å²) in [4.78, 5) is 21.0. The number of nitriles is 3. The highest BCUT2D eigenvalue weighted by Gasteiger charge is 2.25. The minimum absolute atomic E-state index is 0.394. The van der Waals surface area contributed by atoms with Crippen LogP contribution in [0.5, 0.6) is 0 Å². The summed E-state index contributed by atoms with van der Waals surface area (Å²) in [7, 11) is 0. The summed E-state index contributed by atoms with van der Waals surface area (Å²) < 4.78 is 2.23. The Morgan fingerprint density at radius 3 is 1.22 bits per heavy atom. The Balaban J connectivity index is 1.30. The van der Waals surface area contributed by atoms with Gasteiger partial charge in [-0.05, 0) is 65.7 Å². The highest BCUT2D eigenvalue weighted by molar-refractivity contribution is 6.11. The predicted octanol–water partition coefficient (Wildman–Crippen LogP) is 13.6. The SMILES string of the molecule is N#Cc1cc(C#N)cc(-c2ccc3c4ccccc4n(-c4c(-c5cc(-c6ccccc6)nc(-c6ccccc6)n5)cc(C#N)cc4-c4cc(-c5ccccc5)nc(-c5ccccc5)n4)c3c2)c1. The van der Waals surface area contributed by atoms with Crippen molar-refractivity contribution in [1.29, 1.82) is 15.8 Å². The zero-order valence-corrected chi connectivity index (χ0v) is 35.7. The lowest BCUT2D eigenvalue weighted by Gasteiger charge is -2.20. The van der Waals surface area contributed by atoms with Crippen LogP contribution >= 0.6 is 0 Å². The van der Waals surface area contributed by atoms with Crippen LogP contribution in [0, 0.1) is 34.0 Å². The molecule has 0 radical (unpaired) electrons. The Bertz CT molecular complexity index is 3530. The third kappa shape index (κ3) is 7.51. The van der Waals surface area contributed by atoms with Gasteiger partial charge in [0.05, 0.1) is 74.4 Å².